The summed E-state index contributed by atoms with van der Waals surface area (Å²) in [6.07, 6.45) is -0.445. The number of halogens is 2. The summed E-state index contributed by atoms with van der Waals surface area (Å²) < 4.78 is 12.6. The molecule has 4 nitrogen and oxygen atoms in total. The number of amides is 1. The van der Waals surface area contributed by atoms with Crippen molar-refractivity contribution in [2.75, 3.05) is 6.61 Å². The minimum atomic E-state index is -0.504. The Morgan fingerprint density at radius 2 is 1.85 bits per heavy atom. The van der Waals surface area contributed by atoms with Gasteiger partial charge >= 0.3 is 6.09 Å². The summed E-state index contributed by atoms with van der Waals surface area (Å²) in [6.45, 7) is 7.68. The van der Waals surface area contributed by atoms with Crippen molar-refractivity contribution in [2.24, 2.45) is 0 Å². The van der Waals surface area contributed by atoms with E-state index < -0.39 is 11.7 Å². The van der Waals surface area contributed by atoms with Crippen LogP contribution in [0.4, 0.5) is 4.79 Å². The lowest BCUT2D eigenvalue weighted by molar-refractivity contribution is 0.0493. The highest BCUT2D eigenvalue weighted by Crippen LogP contribution is 2.32. The Bertz CT molecular complexity index is 452. The number of benzene rings is 1. The number of para-hydroxylation sites is 1. The molecule has 0 aromatic heterocycles. The fourth-order valence-corrected chi connectivity index (χ4v) is 2.61. The zero-order valence-electron chi connectivity index (χ0n) is 12.0. The van der Waals surface area contributed by atoms with Crippen molar-refractivity contribution in [3.8, 4) is 5.75 Å². The van der Waals surface area contributed by atoms with Gasteiger partial charge in [0, 0.05) is 0 Å². The van der Waals surface area contributed by atoms with E-state index >= 15 is 0 Å². The molecule has 20 heavy (non-hydrogen) atoms. The van der Waals surface area contributed by atoms with E-state index in [0.29, 0.717) is 12.4 Å². The van der Waals surface area contributed by atoms with Gasteiger partial charge in [0.2, 0.25) is 0 Å². The minimum absolute atomic E-state index is 0.163. The summed E-state index contributed by atoms with van der Waals surface area (Å²) in [4.78, 5) is 11.6. The average molecular weight is 409 g/mol. The van der Waals surface area contributed by atoms with Crippen LogP contribution >= 0.6 is 31.9 Å². The first-order chi connectivity index (χ1) is 9.19. The van der Waals surface area contributed by atoms with Crippen LogP contribution in [0.25, 0.3) is 0 Å². The van der Waals surface area contributed by atoms with Gasteiger partial charge in [0.15, 0.2) is 0 Å². The van der Waals surface area contributed by atoms with Crippen LogP contribution in [0, 0.1) is 0 Å². The van der Waals surface area contributed by atoms with Crippen molar-refractivity contribution in [1.82, 2.24) is 5.32 Å². The summed E-state index contributed by atoms with van der Waals surface area (Å²) >= 11 is 6.84. The summed E-state index contributed by atoms with van der Waals surface area (Å²) in [5.74, 6) is 0.713. The van der Waals surface area contributed by atoms with Crippen molar-refractivity contribution in [3.63, 3.8) is 0 Å². The monoisotopic (exact) mass is 407 g/mol. The number of ether oxygens (including phenoxy) is 2. The van der Waals surface area contributed by atoms with Gasteiger partial charge in [-0.25, -0.2) is 4.79 Å². The molecule has 0 fully saturated rings. The number of nitrogens with one attached hydrogen (secondary N) is 1. The van der Waals surface area contributed by atoms with E-state index in [9.17, 15) is 4.79 Å². The molecule has 0 heterocycles. The third kappa shape index (κ3) is 6.13. The Morgan fingerprint density at radius 1 is 1.30 bits per heavy atom. The summed E-state index contributed by atoms with van der Waals surface area (Å²) in [7, 11) is 0. The number of rotatable bonds is 4. The highest BCUT2D eigenvalue weighted by atomic mass is 79.9. The molecule has 0 bridgehead atoms. The van der Waals surface area contributed by atoms with E-state index in [2.05, 4.69) is 37.2 Å². The van der Waals surface area contributed by atoms with Crippen molar-refractivity contribution in [3.05, 3.63) is 27.1 Å². The van der Waals surface area contributed by atoms with Gasteiger partial charge in [0.05, 0.1) is 15.0 Å². The average Bonchev–Trinajstić information content (AvgIpc) is 2.25. The second kappa shape index (κ2) is 7.31. The maximum atomic E-state index is 11.6. The molecule has 1 unspecified atom stereocenters. The first-order valence-corrected chi connectivity index (χ1v) is 7.84. The van der Waals surface area contributed by atoms with Gasteiger partial charge < -0.3 is 14.8 Å². The van der Waals surface area contributed by atoms with Crippen LogP contribution < -0.4 is 10.1 Å². The zero-order valence-corrected chi connectivity index (χ0v) is 15.2. The molecule has 0 aliphatic rings. The van der Waals surface area contributed by atoms with Gasteiger partial charge in [-0.05, 0) is 71.7 Å². The van der Waals surface area contributed by atoms with E-state index in [1.54, 1.807) is 0 Å². The molecular formula is C14H19Br2NO3. The Labute approximate surface area is 136 Å². The lowest BCUT2D eigenvalue weighted by Gasteiger charge is -2.22. The number of carbonyl (C=O) groups excluding carboxylic acids is 1. The lowest BCUT2D eigenvalue weighted by atomic mass is 10.2. The maximum absolute atomic E-state index is 11.6. The Morgan fingerprint density at radius 3 is 2.35 bits per heavy atom. The molecular weight excluding hydrogens is 390 g/mol. The van der Waals surface area contributed by atoms with Crippen LogP contribution in [0.2, 0.25) is 0 Å². The van der Waals surface area contributed by atoms with Crippen molar-refractivity contribution in [1.29, 1.82) is 0 Å². The molecule has 0 aliphatic heterocycles. The first kappa shape index (κ1) is 17.3. The molecule has 0 saturated carbocycles. The Balaban J connectivity index is 2.48. The topological polar surface area (TPSA) is 47.6 Å². The third-order valence-electron chi connectivity index (χ3n) is 2.16. The van der Waals surface area contributed by atoms with Gasteiger partial charge in [-0.3, -0.25) is 0 Å². The van der Waals surface area contributed by atoms with Gasteiger partial charge in [0.25, 0.3) is 0 Å². The summed E-state index contributed by atoms with van der Waals surface area (Å²) in [5.41, 5.74) is -0.504. The molecule has 1 atom stereocenters. The molecule has 1 aromatic carbocycles. The van der Waals surface area contributed by atoms with E-state index in [1.165, 1.54) is 0 Å². The van der Waals surface area contributed by atoms with E-state index in [1.807, 2.05) is 45.9 Å². The third-order valence-corrected chi connectivity index (χ3v) is 3.41. The number of hydrogen-bond donors (Lipinski definition) is 1. The van der Waals surface area contributed by atoms with Crippen LogP contribution in [0.15, 0.2) is 27.1 Å². The standard InChI is InChI=1S/C14H19Br2NO3/c1-9(17-13(18)20-14(2,3)4)8-19-12-10(15)6-5-7-11(12)16/h5-7,9H,8H2,1-4H3,(H,17,18). The fourth-order valence-electron chi connectivity index (χ4n) is 1.38. The second-order valence-corrected chi connectivity index (χ2v) is 7.12. The predicted molar refractivity (Wildman–Crippen MR) is 86.2 cm³/mol. The highest BCUT2D eigenvalue weighted by molar-refractivity contribution is 9.11. The van der Waals surface area contributed by atoms with Crippen molar-refractivity contribution < 1.29 is 14.3 Å². The molecule has 0 aliphatic carbocycles. The summed E-state index contributed by atoms with van der Waals surface area (Å²) in [5, 5.41) is 2.73. The molecule has 0 radical (unpaired) electrons. The Hall–Kier alpha value is -0.750. The maximum Gasteiger partial charge on any atom is 0.407 e. The van der Waals surface area contributed by atoms with E-state index in [4.69, 9.17) is 9.47 Å². The first-order valence-electron chi connectivity index (χ1n) is 6.25. The number of carbonyl (C=O) groups is 1. The van der Waals surface area contributed by atoms with Crippen LogP contribution in [-0.4, -0.2) is 24.3 Å². The predicted octanol–water partition coefficient (Wildman–Crippen LogP) is 4.50. The van der Waals surface area contributed by atoms with Gasteiger partial charge in [0.1, 0.15) is 18.0 Å². The molecule has 112 valence electrons. The molecule has 1 aromatic rings. The molecule has 1 amide bonds. The smallest absolute Gasteiger partial charge is 0.407 e. The van der Waals surface area contributed by atoms with Crippen LogP contribution in [0.1, 0.15) is 27.7 Å². The van der Waals surface area contributed by atoms with Gasteiger partial charge in [-0.1, -0.05) is 6.07 Å². The van der Waals surface area contributed by atoms with Crippen molar-refractivity contribution >= 4 is 38.0 Å². The molecule has 6 heteroatoms. The van der Waals surface area contributed by atoms with Crippen molar-refractivity contribution in [2.45, 2.75) is 39.3 Å². The van der Waals surface area contributed by atoms with E-state index in [0.717, 1.165) is 8.95 Å². The van der Waals surface area contributed by atoms with Crippen LogP contribution in [0.3, 0.4) is 0 Å². The molecule has 1 N–H and O–H groups in total. The number of hydrogen-bond acceptors (Lipinski definition) is 3. The summed E-state index contributed by atoms with van der Waals surface area (Å²) in [6, 6.07) is 5.53. The molecule has 0 spiro atoms. The molecule has 0 saturated heterocycles. The zero-order chi connectivity index (χ0) is 15.3. The van der Waals surface area contributed by atoms with Gasteiger partial charge in [-0.2, -0.15) is 0 Å². The largest absolute Gasteiger partial charge is 0.489 e. The normalized spacial score (nSPS) is 12.7. The van der Waals surface area contributed by atoms with E-state index in [-0.39, 0.29) is 6.04 Å². The quantitative estimate of drug-likeness (QED) is 0.797. The van der Waals surface area contributed by atoms with Crippen LogP contribution in [0.5, 0.6) is 5.75 Å². The SMILES string of the molecule is CC(COc1c(Br)cccc1Br)NC(=O)OC(C)(C)C. The Kier molecular flexibility index (Phi) is 6.33. The second-order valence-electron chi connectivity index (χ2n) is 5.41. The lowest BCUT2D eigenvalue weighted by Crippen LogP contribution is -2.40. The van der Waals surface area contributed by atoms with Crippen LogP contribution in [-0.2, 0) is 4.74 Å². The minimum Gasteiger partial charge on any atom is -0.489 e. The van der Waals surface area contributed by atoms with Gasteiger partial charge in [-0.15, -0.1) is 0 Å². The highest BCUT2D eigenvalue weighted by Gasteiger charge is 2.18. The number of alkyl carbamates (subject to hydrolysis) is 1. The molecule has 1 rings (SSSR count). The fraction of sp³-hybridized carbons (Fsp3) is 0.500.